The minimum Gasteiger partial charge on any atom is -0.478 e. The highest BCUT2D eigenvalue weighted by Gasteiger charge is 2.26. The van der Waals surface area contributed by atoms with Gasteiger partial charge in [0, 0.05) is 29.2 Å². The Morgan fingerprint density at radius 1 is 1.45 bits per heavy atom. The fourth-order valence-corrected chi connectivity index (χ4v) is 2.16. The van der Waals surface area contributed by atoms with Gasteiger partial charge in [0.05, 0.1) is 6.61 Å². The van der Waals surface area contributed by atoms with Crippen LogP contribution in [0.3, 0.4) is 0 Å². The lowest BCUT2D eigenvalue weighted by Crippen LogP contribution is -2.34. The van der Waals surface area contributed by atoms with Crippen LogP contribution in [0.15, 0.2) is 18.2 Å². The molecule has 0 bridgehead atoms. The minimum absolute atomic E-state index is 0.0115. The van der Waals surface area contributed by atoms with E-state index in [2.05, 4.69) is 6.58 Å². The average Bonchev–Trinajstić information content (AvgIpc) is 2.71. The number of nitrogens with zero attached hydrogens (tertiary/aromatic N) is 1. The maximum atomic E-state index is 12.1. The molecule has 0 saturated heterocycles. The van der Waals surface area contributed by atoms with Gasteiger partial charge in [0.2, 0.25) is 0 Å². The Labute approximate surface area is 132 Å². The second-order valence-electron chi connectivity index (χ2n) is 5.60. The van der Waals surface area contributed by atoms with Crippen molar-refractivity contribution >= 4 is 18.3 Å². The standard InChI is InChI=1S/C18H27NO3/c1-8-10-16(15-11-13(5)19(7)14(15)6)22-17(12(3)4)18(20)21-9-2/h8,10-12,17H,6,9H2,1-5,7H3/b10-8-,16-15+. The molecule has 0 spiro atoms. The van der Waals surface area contributed by atoms with Gasteiger partial charge in [0.15, 0.2) is 6.10 Å². The van der Waals surface area contributed by atoms with Crippen LogP contribution in [0.1, 0.15) is 33.4 Å². The zero-order valence-corrected chi connectivity index (χ0v) is 14.5. The van der Waals surface area contributed by atoms with Crippen LogP contribution in [-0.4, -0.2) is 23.2 Å². The molecule has 0 radical (unpaired) electrons. The van der Waals surface area contributed by atoms with Gasteiger partial charge in [-0.3, -0.25) is 0 Å². The molecule has 0 amide bonds. The Morgan fingerprint density at radius 3 is 2.50 bits per heavy atom. The van der Waals surface area contributed by atoms with E-state index in [1.165, 1.54) is 0 Å². The largest absolute Gasteiger partial charge is 0.478 e. The molecule has 122 valence electrons. The van der Waals surface area contributed by atoms with Crippen molar-refractivity contribution in [2.24, 2.45) is 13.0 Å². The number of carbonyl (C=O) groups excluding carboxylic acids is 1. The number of aromatic nitrogens is 1. The summed E-state index contributed by atoms with van der Waals surface area (Å²) < 4.78 is 13.1. The normalized spacial score (nSPS) is 14.3. The van der Waals surface area contributed by atoms with Crippen molar-refractivity contribution < 1.29 is 14.3 Å². The number of aryl methyl sites for hydroxylation is 1. The highest BCUT2D eigenvalue weighted by Crippen LogP contribution is 2.14. The maximum Gasteiger partial charge on any atom is 0.347 e. The first-order chi connectivity index (χ1) is 10.3. The topological polar surface area (TPSA) is 40.5 Å². The van der Waals surface area contributed by atoms with E-state index in [1.807, 2.05) is 57.5 Å². The zero-order chi connectivity index (χ0) is 16.9. The van der Waals surface area contributed by atoms with Crippen molar-refractivity contribution in [2.45, 2.75) is 40.7 Å². The summed E-state index contributed by atoms with van der Waals surface area (Å²) in [4.78, 5) is 12.1. The summed E-state index contributed by atoms with van der Waals surface area (Å²) in [5.41, 5.74) is 1.09. The van der Waals surface area contributed by atoms with Crippen LogP contribution in [0.25, 0.3) is 12.3 Å². The molecule has 1 aromatic heterocycles. The van der Waals surface area contributed by atoms with Crippen LogP contribution >= 0.6 is 0 Å². The third kappa shape index (κ3) is 4.03. The lowest BCUT2D eigenvalue weighted by molar-refractivity contribution is -0.154. The summed E-state index contributed by atoms with van der Waals surface area (Å²) in [7, 11) is 1.96. The molecule has 1 heterocycles. The van der Waals surface area contributed by atoms with E-state index < -0.39 is 6.10 Å². The summed E-state index contributed by atoms with van der Waals surface area (Å²) in [5, 5.41) is 1.75. The Balaban J connectivity index is 3.35. The van der Waals surface area contributed by atoms with Gasteiger partial charge in [-0.2, -0.15) is 0 Å². The summed E-state index contributed by atoms with van der Waals surface area (Å²) in [6.45, 7) is 14.0. The van der Waals surface area contributed by atoms with E-state index in [1.54, 1.807) is 6.92 Å². The molecule has 0 aliphatic rings. The van der Waals surface area contributed by atoms with Crippen molar-refractivity contribution in [2.75, 3.05) is 6.61 Å². The highest BCUT2D eigenvalue weighted by atomic mass is 16.6. The molecule has 4 nitrogen and oxygen atoms in total. The van der Waals surface area contributed by atoms with Crippen molar-refractivity contribution in [3.05, 3.63) is 34.5 Å². The zero-order valence-electron chi connectivity index (χ0n) is 14.5. The number of hydrogen-bond donors (Lipinski definition) is 0. The first-order valence-corrected chi connectivity index (χ1v) is 7.65. The van der Waals surface area contributed by atoms with E-state index in [0.717, 1.165) is 16.3 Å². The Kier molecular flexibility index (Phi) is 6.47. The smallest absolute Gasteiger partial charge is 0.347 e. The second-order valence-corrected chi connectivity index (χ2v) is 5.60. The fourth-order valence-electron chi connectivity index (χ4n) is 2.16. The molecule has 1 rings (SSSR count). The van der Waals surface area contributed by atoms with Gasteiger partial charge in [-0.1, -0.05) is 26.5 Å². The average molecular weight is 305 g/mol. The van der Waals surface area contributed by atoms with Crippen LogP contribution in [0, 0.1) is 12.8 Å². The van der Waals surface area contributed by atoms with Gasteiger partial charge in [0.1, 0.15) is 5.76 Å². The van der Waals surface area contributed by atoms with Gasteiger partial charge in [0.25, 0.3) is 0 Å². The molecule has 0 fully saturated rings. The fraction of sp³-hybridized carbons (Fsp3) is 0.500. The maximum absolute atomic E-state index is 12.1. The minimum atomic E-state index is -0.633. The number of rotatable bonds is 6. The van der Waals surface area contributed by atoms with Crippen molar-refractivity contribution in [1.82, 2.24) is 4.57 Å². The first-order valence-electron chi connectivity index (χ1n) is 7.65. The SMILES string of the molecule is C=c1/c(=C(\C=C/C)OC(C(=O)OCC)C(C)C)cc(C)n1C. The predicted molar refractivity (Wildman–Crippen MR) is 89.5 cm³/mol. The molecule has 1 atom stereocenters. The van der Waals surface area contributed by atoms with Crippen molar-refractivity contribution in [3.8, 4) is 0 Å². The van der Waals surface area contributed by atoms with Crippen LogP contribution in [0.2, 0.25) is 0 Å². The number of ether oxygens (including phenoxy) is 2. The molecule has 0 aliphatic carbocycles. The molecule has 0 aromatic carbocycles. The van der Waals surface area contributed by atoms with Crippen LogP contribution < -0.4 is 10.6 Å². The van der Waals surface area contributed by atoms with Gasteiger partial charge >= 0.3 is 5.97 Å². The quantitative estimate of drug-likeness (QED) is 0.755. The van der Waals surface area contributed by atoms with Crippen molar-refractivity contribution in [3.63, 3.8) is 0 Å². The Hall–Kier alpha value is -1.97. The van der Waals surface area contributed by atoms with Crippen LogP contribution in [-0.2, 0) is 21.3 Å². The van der Waals surface area contributed by atoms with Gasteiger partial charge in [-0.05, 0) is 32.9 Å². The lowest BCUT2D eigenvalue weighted by Gasteiger charge is -2.21. The van der Waals surface area contributed by atoms with E-state index in [4.69, 9.17) is 9.47 Å². The number of hydrogen-bond acceptors (Lipinski definition) is 3. The van der Waals surface area contributed by atoms with Gasteiger partial charge in [-0.25, -0.2) is 4.79 Å². The molecule has 1 unspecified atom stereocenters. The number of allylic oxidation sites excluding steroid dienone is 1. The monoisotopic (exact) mass is 305 g/mol. The molecule has 4 heteroatoms. The Morgan fingerprint density at radius 2 is 2.09 bits per heavy atom. The van der Waals surface area contributed by atoms with E-state index >= 15 is 0 Å². The van der Waals surface area contributed by atoms with Crippen LogP contribution in [0.5, 0.6) is 0 Å². The second kappa shape index (κ2) is 7.87. The van der Waals surface area contributed by atoms with E-state index in [-0.39, 0.29) is 11.9 Å². The molecule has 0 N–H and O–H groups in total. The molecular weight excluding hydrogens is 278 g/mol. The number of esters is 1. The van der Waals surface area contributed by atoms with Crippen LogP contribution in [0.4, 0.5) is 0 Å². The molecule has 1 aromatic rings. The predicted octanol–water partition coefficient (Wildman–Crippen LogP) is 2.03. The molecule has 0 aliphatic heterocycles. The summed E-state index contributed by atoms with van der Waals surface area (Å²) in [5.74, 6) is 0.318. The van der Waals surface area contributed by atoms with Crippen molar-refractivity contribution in [1.29, 1.82) is 0 Å². The first kappa shape index (κ1) is 18.1. The van der Waals surface area contributed by atoms with E-state index in [0.29, 0.717) is 12.4 Å². The molecule has 22 heavy (non-hydrogen) atoms. The van der Waals surface area contributed by atoms with E-state index in [9.17, 15) is 4.79 Å². The third-order valence-electron chi connectivity index (χ3n) is 3.56. The summed E-state index contributed by atoms with van der Waals surface area (Å²) in [6, 6.07) is 2.01. The van der Waals surface area contributed by atoms with Gasteiger partial charge < -0.3 is 14.0 Å². The Bertz CT molecular complexity index is 653. The molecule has 0 saturated carbocycles. The lowest BCUT2D eigenvalue weighted by atomic mass is 10.1. The van der Waals surface area contributed by atoms with Gasteiger partial charge in [-0.15, -0.1) is 0 Å². The molecular formula is C18H27NO3. The highest BCUT2D eigenvalue weighted by molar-refractivity contribution is 5.76. The third-order valence-corrected chi connectivity index (χ3v) is 3.56. The summed E-state index contributed by atoms with van der Waals surface area (Å²) in [6.07, 6.45) is 3.11. The number of carbonyl (C=O) groups is 1. The summed E-state index contributed by atoms with van der Waals surface area (Å²) >= 11 is 0.